The summed E-state index contributed by atoms with van der Waals surface area (Å²) in [6.45, 7) is 2.58. The van der Waals surface area contributed by atoms with Gasteiger partial charge in [0.1, 0.15) is 5.02 Å². The summed E-state index contributed by atoms with van der Waals surface area (Å²) in [4.78, 5) is 12.2. The second kappa shape index (κ2) is 7.07. The van der Waals surface area contributed by atoms with E-state index >= 15 is 0 Å². The highest BCUT2D eigenvalue weighted by Gasteiger charge is 2.11. The summed E-state index contributed by atoms with van der Waals surface area (Å²) in [5.41, 5.74) is 2.88. The van der Waals surface area contributed by atoms with Gasteiger partial charge >= 0.3 is 0 Å². The number of halogens is 3. The average molecular weight is 399 g/mol. The Morgan fingerprint density at radius 1 is 1.12 bits per heavy atom. The number of nitrogens with zero attached hydrogens (tertiary/aromatic N) is 4. The van der Waals surface area contributed by atoms with Crippen LogP contribution in [0.5, 0.6) is 0 Å². The lowest BCUT2D eigenvalue weighted by molar-refractivity contribution is 0.738. The first-order chi connectivity index (χ1) is 11.9. The number of hydrogen-bond donors (Lipinski definition) is 1. The van der Waals surface area contributed by atoms with Gasteiger partial charge in [-0.05, 0) is 25.1 Å². The van der Waals surface area contributed by atoms with Gasteiger partial charge in [-0.15, -0.1) is 0 Å². The molecule has 0 fully saturated rings. The van der Waals surface area contributed by atoms with E-state index in [0.29, 0.717) is 17.3 Å². The molecule has 0 aliphatic heterocycles. The fraction of sp³-hybridized carbons (Fsp3) is 0.188. The van der Waals surface area contributed by atoms with Gasteiger partial charge in [-0.3, -0.25) is 9.48 Å². The van der Waals surface area contributed by atoms with Crippen molar-refractivity contribution in [2.24, 2.45) is 7.05 Å². The van der Waals surface area contributed by atoms with Crippen LogP contribution in [0.3, 0.4) is 0 Å². The van der Waals surface area contributed by atoms with Gasteiger partial charge in [-0.25, -0.2) is 0 Å². The van der Waals surface area contributed by atoms with Gasteiger partial charge in [0, 0.05) is 24.8 Å². The van der Waals surface area contributed by atoms with Gasteiger partial charge in [0.2, 0.25) is 0 Å². The molecule has 2 aromatic heterocycles. The molecule has 0 spiro atoms. The zero-order chi connectivity index (χ0) is 18.1. The fourth-order valence-corrected chi connectivity index (χ4v) is 2.78. The summed E-state index contributed by atoms with van der Waals surface area (Å²) in [6.07, 6.45) is 3.13. The molecule has 1 N–H and O–H groups in total. The van der Waals surface area contributed by atoms with Crippen LogP contribution in [0, 0.1) is 6.92 Å². The third kappa shape index (κ3) is 3.51. The van der Waals surface area contributed by atoms with Crippen LogP contribution in [0.1, 0.15) is 11.3 Å². The Balaban J connectivity index is 1.85. The normalized spacial score (nSPS) is 10.9. The van der Waals surface area contributed by atoms with Crippen molar-refractivity contribution in [3.05, 3.63) is 67.3 Å². The molecule has 0 unspecified atom stereocenters. The van der Waals surface area contributed by atoms with Crippen LogP contribution in [0.15, 0.2) is 35.4 Å². The minimum absolute atomic E-state index is 0.0814. The van der Waals surface area contributed by atoms with Crippen molar-refractivity contribution in [1.29, 1.82) is 0 Å². The van der Waals surface area contributed by atoms with Crippen LogP contribution in [0.2, 0.25) is 15.1 Å². The lowest BCUT2D eigenvalue weighted by Gasteiger charge is -2.11. The number of aromatic nitrogens is 4. The third-order valence-corrected chi connectivity index (χ3v) is 4.94. The maximum atomic E-state index is 12.2. The summed E-state index contributed by atoms with van der Waals surface area (Å²) in [5, 5.41) is 11.9. The van der Waals surface area contributed by atoms with Crippen LogP contribution in [-0.4, -0.2) is 19.6 Å². The first-order valence-electron chi connectivity index (χ1n) is 7.33. The SMILES string of the molecule is Cc1c(CNc2ccc(-n3ncc(Cl)c(Cl)c3=O)cc2Cl)cnn1C. The molecule has 0 bridgehead atoms. The van der Waals surface area contributed by atoms with E-state index in [-0.39, 0.29) is 10.0 Å². The Labute approximate surface area is 158 Å². The predicted octanol–water partition coefficient (Wildman–Crippen LogP) is 3.85. The summed E-state index contributed by atoms with van der Waals surface area (Å²) < 4.78 is 2.96. The summed E-state index contributed by atoms with van der Waals surface area (Å²) >= 11 is 18.0. The summed E-state index contributed by atoms with van der Waals surface area (Å²) in [7, 11) is 1.89. The van der Waals surface area contributed by atoms with E-state index in [1.807, 2.05) is 24.9 Å². The molecule has 6 nitrogen and oxygen atoms in total. The minimum Gasteiger partial charge on any atom is -0.380 e. The topological polar surface area (TPSA) is 64.7 Å². The molecule has 3 aromatic rings. The second-order valence-electron chi connectivity index (χ2n) is 5.42. The highest BCUT2D eigenvalue weighted by molar-refractivity contribution is 6.41. The molecule has 0 saturated carbocycles. The molecule has 1 aromatic carbocycles. The quantitative estimate of drug-likeness (QED) is 0.725. The van der Waals surface area contributed by atoms with Crippen molar-refractivity contribution in [3.8, 4) is 5.69 Å². The van der Waals surface area contributed by atoms with Crippen LogP contribution in [0.25, 0.3) is 5.69 Å². The van der Waals surface area contributed by atoms with Gasteiger partial charge < -0.3 is 5.32 Å². The molecule has 0 saturated heterocycles. The number of rotatable bonds is 4. The van der Waals surface area contributed by atoms with Crippen molar-refractivity contribution >= 4 is 40.5 Å². The Kier molecular flexibility index (Phi) is 5.03. The van der Waals surface area contributed by atoms with Crippen LogP contribution >= 0.6 is 34.8 Å². The third-order valence-electron chi connectivity index (χ3n) is 3.88. The molecule has 0 aliphatic carbocycles. The maximum absolute atomic E-state index is 12.2. The van der Waals surface area contributed by atoms with Crippen molar-refractivity contribution < 1.29 is 0 Å². The van der Waals surface area contributed by atoms with Crippen LogP contribution < -0.4 is 10.9 Å². The molecule has 9 heteroatoms. The van der Waals surface area contributed by atoms with E-state index in [1.54, 1.807) is 18.2 Å². The number of anilines is 1. The monoisotopic (exact) mass is 397 g/mol. The number of aryl methyl sites for hydroxylation is 1. The molecule has 25 heavy (non-hydrogen) atoms. The zero-order valence-electron chi connectivity index (χ0n) is 13.4. The molecule has 3 rings (SSSR count). The highest BCUT2D eigenvalue weighted by atomic mass is 35.5. The van der Waals surface area contributed by atoms with Gasteiger partial charge in [0.15, 0.2) is 0 Å². The van der Waals surface area contributed by atoms with Crippen LogP contribution in [0.4, 0.5) is 5.69 Å². The molecule has 0 atom stereocenters. The number of benzene rings is 1. The van der Waals surface area contributed by atoms with Gasteiger partial charge in [-0.1, -0.05) is 34.8 Å². The summed E-state index contributed by atoms with van der Waals surface area (Å²) in [5.74, 6) is 0. The standard InChI is InChI=1S/C16H14Cl3N5O/c1-9-10(7-21-23(9)2)6-20-14-4-3-11(5-12(14)17)24-16(25)15(19)13(18)8-22-24/h3-5,7-8,20H,6H2,1-2H3. The smallest absolute Gasteiger partial charge is 0.291 e. The maximum Gasteiger partial charge on any atom is 0.291 e. The molecule has 0 amide bonds. The van der Waals surface area contributed by atoms with E-state index < -0.39 is 5.56 Å². The van der Waals surface area contributed by atoms with Crippen molar-refractivity contribution in [2.45, 2.75) is 13.5 Å². The lowest BCUT2D eigenvalue weighted by atomic mass is 10.2. The molecule has 0 radical (unpaired) electrons. The Hall–Kier alpha value is -2.02. The first-order valence-corrected chi connectivity index (χ1v) is 8.46. The van der Waals surface area contributed by atoms with Crippen molar-refractivity contribution in [1.82, 2.24) is 19.6 Å². The highest BCUT2D eigenvalue weighted by Crippen LogP contribution is 2.25. The Morgan fingerprint density at radius 2 is 1.88 bits per heavy atom. The van der Waals surface area contributed by atoms with E-state index in [4.69, 9.17) is 34.8 Å². The molecule has 0 aliphatic rings. The second-order valence-corrected chi connectivity index (χ2v) is 6.61. The zero-order valence-corrected chi connectivity index (χ0v) is 15.7. The summed E-state index contributed by atoms with van der Waals surface area (Å²) in [6, 6.07) is 5.14. The average Bonchev–Trinajstić information content (AvgIpc) is 2.91. The molecular formula is C16H14Cl3N5O. The molecular weight excluding hydrogens is 385 g/mol. The molecule has 2 heterocycles. The van der Waals surface area contributed by atoms with Gasteiger partial charge in [0.05, 0.1) is 33.8 Å². The van der Waals surface area contributed by atoms with E-state index in [1.165, 1.54) is 6.20 Å². The largest absolute Gasteiger partial charge is 0.380 e. The predicted molar refractivity (Wildman–Crippen MR) is 100 cm³/mol. The Bertz CT molecular complexity index is 996. The van der Waals surface area contributed by atoms with E-state index in [0.717, 1.165) is 21.6 Å². The van der Waals surface area contributed by atoms with Gasteiger partial charge in [-0.2, -0.15) is 14.9 Å². The van der Waals surface area contributed by atoms with Crippen molar-refractivity contribution in [3.63, 3.8) is 0 Å². The van der Waals surface area contributed by atoms with E-state index in [9.17, 15) is 4.79 Å². The van der Waals surface area contributed by atoms with Gasteiger partial charge in [0.25, 0.3) is 5.56 Å². The minimum atomic E-state index is -0.503. The molecule has 130 valence electrons. The van der Waals surface area contributed by atoms with Crippen molar-refractivity contribution in [2.75, 3.05) is 5.32 Å². The van der Waals surface area contributed by atoms with E-state index in [2.05, 4.69) is 15.5 Å². The Morgan fingerprint density at radius 3 is 2.52 bits per heavy atom. The number of nitrogens with one attached hydrogen (secondary N) is 1. The first kappa shape index (κ1) is 17.8. The lowest BCUT2D eigenvalue weighted by Crippen LogP contribution is -2.21. The fourth-order valence-electron chi connectivity index (χ4n) is 2.28. The number of hydrogen-bond acceptors (Lipinski definition) is 4. The van der Waals surface area contributed by atoms with Crippen LogP contribution in [-0.2, 0) is 13.6 Å².